The average Bonchev–Trinajstić information content (AvgIpc) is 1.59. The first-order chi connectivity index (χ1) is 48.9. The van der Waals surface area contributed by atoms with Crippen LogP contribution in [0.25, 0.3) is 21.8 Å². The molecule has 25 nitrogen and oxygen atoms in total. The summed E-state index contributed by atoms with van der Waals surface area (Å²) < 4.78 is 35.5. The number of carbonyl (C=O) groups is 9. The summed E-state index contributed by atoms with van der Waals surface area (Å²) in [5.41, 5.74) is 8.69. The quantitative estimate of drug-likeness (QED) is 0.0563. The maximum atomic E-state index is 15.3. The second-order valence-corrected chi connectivity index (χ2v) is 29.4. The molecule has 29 heteroatoms. The van der Waals surface area contributed by atoms with Gasteiger partial charge in [0, 0.05) is 114 Å². The van der Waals surface area contributed by atoms with E-state index in [-0.39, 0.29) is 70.0 Å². The summed E-state index contributed by atoms with van der Waals surface area (Å²) in [6.45, 7) is 7.51. The van der Waals surface area contributed by atoms with Crippen LogP contribution in [-0.2, 0) is 80.3 Å². The molecule has 2 aliphatic rings. The molecule has 0 spiro atoms. The van der Waals surface area contributed by atoms with Crippen molar-refractivity contribution in [3.8, 4) is 5.75 Å². The molecule has 0 unspecified atom stereocenters. The number of unbranched alkanes of at least 4 members (excludes halogenated alkanes) is 1. The summed E-state index contributed by atoms with van der Waals surface area (Å²) in [7, 11) is 1.50. The molecule has 102 heavy (non-hydrogen) atoms. The normalized spacial score (nSPS) is 22.9. The van der Waals surface area contributed by atoms with Gasteiger partial charge in [-0.05, 0) is 140 Å². The third-order valence-corrected chi connectivity index (χ3v) is 20.5. The number of aromatic nitrogens is 4. The monoisotopic (exact) mass is 1440 g/mol. The number of nitrogens with zero attached hydrogens (tertiary/aromatic N) is 2. The molecule has 0 radical (unpaired) electrons. The van der Waals surface area contributed by atoms with Gasteiger partial charge in [0.1, 0.15) is 53.1 Å². The third kappa shape index (κ3) is 21.2. The minimum Gasteiger partial charge on any atom is -0.497 e. The summed E-state index contributed by atoms with van der Waals surface area (Å²) in [6.07, 6.45) is 6.53. The van der Waals surface area contributed by atoms with E-state index in [1.807, 2.05) is 18.2 Å². The summed E-state index contributed by atoms with van der Waals surface area (Å²) in [4.78, 5) is 146. The number of halogens is 2. The number of carboxylic acids is 1. The van der Waals surface area contributed by atoms with Crippen molar-refractivity contribution in [2.75, 3.05) is 44.8 Å². The second kappa shape index (κ2) is 36.0. The number of imidazole rings is 1. The number of aliphatic carboxylic acids is 1. The molecule has 8 atom stereocenters. The maximum Gasteiger partial charge on any atom is 0.305 e. The third-order valence-electron chi connectivity index (χ3n) is 18.4. The predicted octanol–water partition coefficient (Wildman–Crippen LogP) is 5.51. The van der Waals surface area contributed by atoms with Gasteiger partial charge in [-0.2, -0.15) is 23.5 Å². The number of hydrogen-bond donors (Lipinski definition) is 13. The van der Waals surface area contributed by atoms with Crippen LogP contribution in [-0.4, -0.2) is 176 Å². The molecule has 8 amide bonds. The van der Waals surface area contributed by atoms with Crippen LogP contribution in [0.5, 0.6) is 5.75 Å². The highest BCUT2D eigenvalue weighted by atomic mass is 32.2. The molecular weight excluding hydrogens is 1350 g/mol. The first kappa shape index (κ1) is 76.9. The lowest BCUT2D eigenvalue weighted by Crippen LogP contribution is -2.62. The highest BCUT2D eigenvalue weighted by Crippen LogP contribution is 2.32. The zero-order chi connectivity index (χ0) is 73.1. The Bertz CT molecular complexity index is 4070. The lowest BCUT2D eigenvalue weighted by Gasteiger charge is -2.36. The molecule has 4 aromatic carbocycles. The number of carbonyl (C=O) groups excluding carboxylic acids is 8. The van der Waals surface area contributed by atoms with Crippen molar-refractivity contribution >= 4 is 98.6 Å². The summed E-state index contributed by atoms with van der Waals surface area (Å²) in [5, 5.41) is 34.7. The molecular formula is C73H92F2N14O11S2. The molecule has 7 aromatic rings. The number of carboxylic acid groups (broad SMARTS) is 1. The Balaban J connectivity index is 1.06. The second-order valence-electron chi connectivity index (χ2n) is 27.2. The number of nitrogens with two attached hydrogens (primary N) is 1. The number of hydrogen-bond acceptors (Lipinski definition) is 15. The van der Waals surface area contributed by atoms with Crippen LogP contribution >= 0.6 is 23.5 Å². The van der Waals surface area contributed by atoms with E-state index in [1.165, 1.54) is 54.9 Å². The zero-order valence-corrected chi connectivity index (χ0v) is 59.6. The van der Waals surface area contributed by atoms with Crippen LogP contribution in [0.2, 0.25) is 0 Å². The Labute approximate surface area is 599 Å². The highest BCUT2D eigenvalue weighted by Gasteiger charge is 2.48. The number of amides is 8. The van der Waals surface area contributed by atoms with Gasteiger partial charge in [-0.3, -0.25) is 43.2 Å². The number of nitrogens with one attached hydrogen (secondary N) is 11. The van der Waals surface area contributed by atoms with Gasteiger partial charge in [0.05, 0.1) is 25.9 Å². The molecule has 0 aliphatic carbocycles. The molecule has 9 rings (SSSR count). The van der Waals surface area contributed by atoms with Gasteiger partial charge in [-0.15, -0.1) is 0 Å². The standard InChI is InChI=1S/C73H92F2N14O11S2/c1-72(2,3)64-69(97)83-51(30-46-36-79-55-19-15-48(74)32-53(46)55)39-81-58(31-47-37-80-56-20-16-49(75)33-54(47)56)66(94)86-60(35-63(91)92)68(96)85-59(34-50-38-77-42-82-50)67(95)87-61(29-43-13-17-52(100-5)18-14-43)70(98)89-25-9-22-73(89,4)71(99)78-24-27-102-41-45-11-8-10-44(28-45)40-101-26-21-62(90)84-57(65(93)88-64)12-6-7-23-76/h8,10-11,13-20,28,32-33,36-38,42,51,57-61,64,79-81H,6-7,9,12,21-27,29-31,34-35,39-41,76H2,1-5H3,(H,77,82)(H,78,99)(H,83,97)(H,84,90)(H,85,96)(H,86,94)(H,87,95)(H,88,93)(H,91,92)/t51-,57-,58-,59-,60-,61-,64-,73-/m1/s1. The fourth-order valence-electron chi connectivity index (χ4n) is 12.8. The summed E-state index contributed by atoms with van der Waals surface area (Å²) in [5.74, 6) is -5.43. The minimum atomic E-state index is -1.89. The van der Waals surface area contributed by atoms with Crippen LogP contribution in [0.4, 0.5) is 8.78 Å². The van der Waals surface area contributed by atoms with Crippen molar-refractivity contribution in [3.05, 3.63) is 155 Å². The Morgan fingerprint density at radius 2 is 1.32 bits per heavy atom. The van der Waals surface area contributed by atoms with E-state index in [0.717, 1.165) is 11.1 Å². The van der Waals surface area contributed by atoms with E-state index in [4.69, 9.17) is 10.5 Å². The van der Waals surface area contributed by atoms with Crippen LogP contribution in [0.3, 0.4) is 0 Å². The van der Waals surface area contributed by atoms with E-state index in [2.05, 4.69) is 68.5 Å². The number of fused-ring (bicyclic) bond motifs is 5. The fraction of sp³-hybridized carbons (Fsp3) is 0.452. The van der Waals surface area contributed by atoms with Crippen LogP contribution < -0.4 is 53.0 Å². The first-order valence-electron chi connectivity index (χ1n) is 34.3. The Morgan fingerprint density at radius 3 is 1.96 bits per heavy atom. The fourth-order valence-corrected chi connectivity index (χ4v) is 14.5. The van der Waals surface area contributed by atoms with Gasteiger partial charge in [0.25, 0.3) is 0 Å². The van der Waals surface area contributed by atoms with Gasteiger partial charge < -0.3 is 78.0 Å². The highest BCUT2D eigenvalue weighted by molar-refractivity contribution is 7.98. The molecule has 5 heterocycles. The molecule has 3 aromatic heterocycles. The topological polar surface area (TPSA) is 369 Å². The molecule has 2 aliphatic heterocycles. The van der Waals surface area contributed by atoms with Gasteiger partial charge in [-0.25, -0.2) is 13.8 Å². The van der Waals surface area contributed by atoms with Crippen molar-refractivity contribution in [2.24, 2.45) is 11.1 Å². The van der Waals surface area contributed by atoms with Gasteiger partial charge >= 0.3 is 5.97 Å². The van der Waals surface area contributed by atoms with E-state index >= 15 is 28.0 Å². The smallest absolute Gasteiger partial charge is 0.305 e. The SMILES string of the molecule is COc1ccc(C[C@H]2NC(=O)[C@@H](Cc3cnc[nH]3)NC(=O)[C@@H](CC(=O)O)NC(=O)[C@@H](Cc3c[nH]c4ccc(F)cc34)NC[C@@H](Cc3c[nH]c4ccc(F)cc34)NC(=O)[C@H](C(C)(C)C)NC(=O)[C@@H](CCCCN)NC(=O)CCSCc3cccc(c3)CSCCNC(=O)[C@@]3(C)CCCN3C2=O)cc1. The van der Waals surface area contributed by atoms with Gasteiger partial charge in [0.2, 0.25) is 47.3 Å². The van der Waals surface area contributed by atoms with Gasteiger partial charge in [-0.1, -0.05) is 57.2 Å². The van der Waals surface area contributed by atoms with Crippen LogP contribution in [0.15, 0.2) is 110 Å². The van der Waals surface area contributed by atoms with Gasteiger partial charge in [0.15, 0.2) is 0 Å². The maximum absolute atomic E-state index is 15.3. The van der Waals surface area contributed by atoms with E-state index < -0.39 is 113 Å². The van der Waals surface area contributed by atoms with Crippen LogP contribution in [0.1, 0.15) is 106 Å². The zero-order valence-electron chi connectivity index (χ0n) is 57.9. The molecule has 1 saturated heterocycles. The lowest BCUT2D eigenvalue weighted by molar-refractivity contribution is -0.146. The molecule has 546 valence electrons. The Hall–Kier alpha value is -9.32. The predicted molar refractivity (Wildman–Crippen MR) is 387 cm³/mol. The van der Waals surface area contributed by atoms with Crippen molar-refractivity contribution in [2.45, 2.75) is 158 Å². The number of ether oxygens (including phenoxy) is 1. The molecule has 14 N–H and O–H groups in total. The lowest BCUT2D eigenvalue weighted by atomic mass is 9.85. The Morgan fingerprint density at radius 1 is 0.696 bits per heavy atom. The summed E-state index contributed by atoms with van der Waals surface area (Å²) in [6, 6.07) is 13.7. The van der Waals surface area contributed by atoms with E-state index in [9.17, 15) is 29.1 Å². The number of H-pyrrole nitrogens is 3. The number of rotatable bonds is 15. The summed E-state index contributed by atoms with van der Waals surface area (Å²) >= 11 is 3.17. The van der Waals surface area contributed by atoms with Crippen LogP contribution in [0, 0.1) is 17.0 Å². The largest absolute Gasteiger partial charge is 0.497 e. The average molecular weight is 1440 g/mol. The molecule has 1 fully saturated rings. The van der Waals surface area contributed by atoms with Crippen molar-refractivity contribution in [1.29, 1.82) is 0 Å². The van der Waals surface area contributed by atoms with Crippen molar-refractivity contribution in [3.63, 3.8) is 0 Å². The number of benzene rings is 4. The van der Waals surface area contributed by atoms with Crippen molar-refractivity contribution in [1.82, 2.24) is 67.4 Å². The Kier molecular flexibility index (Phi) is 27.1. The minimum absolute atomic E-state index is 0.0109. The first-order valence-corrected chi connectivity index (χ1v) is 36.6. The molecule has 2 bridgehead atoms. The number of thioether (sulfide) groups is 2. The van der Waals surface area contributed by atoms with Crippen molar-refractivity contribution < 1.29 is 61.8 Å². The number of aromatic amines is 3. The van der Waals surface area contributed by atoms with E-state index in [1.54, 1.807) is 93.9 Å². The number of methoxy groups -OCH3 is 1. The molecule has 0 saturated carbocycles. The van der Waals surface area contributed by atoms with E-state index in [0.29, 0.717) is 105 Å².